The van der Waals surface area contributed by atoms with Gasteiger partial charge >= 0.3 is 12.1 Å². The van der Waals surface area contributed by atoms with Crippen LogP contribution < -0.4 is 21.7 Å². The Kier molecular flexibility index (Phi) is 6.99. The molecule has 2 heterocycles. The van der Waals surface area contributed by atoms with Gasteiger partial charge in [0.15, 0.2) is 0 Å². The minimum atomic E-state index is -5.19. The number of piperidine rings is 1. The van der Waals surface area contributed by atoms with E-state index in [1.165, 1.54) is 25.7 Å². The molecule has 1 spiro atoms. The largest absolute Gasteiger partial charge is 0.471 e. The summed E-state index contributed by atoms with van der Waals surface area (Å²) in [5.74, 6) is -5.59. The smallest absolute Gasteiger partial charge is 0.368 e. The first-order chi connectivity index (χ1) is 17.8. The third kappa shape index (κ3) is 5.32. The average molecular weight is 558 g/mol. The van der Waals surface area contributed by atoms with Crippen LogP contribution in [0.5, 0.6) is 0 Å². The van der Waals surface area contributed by atoms with E-state index in [0.717, 1.165) is 19.3 Å². The number of carbonyl (C=O) groups excluding carboxylic acids is 5. The van der Waals surface area contributed by atoms with Gasteiger partial charge in [-0.15, -0.1) is 0 Å². The molecule has 218 valence electrons. The van der Waals surface area contributed by atoms with Crippen molar-refractivity contribution in [1.82, 2.24) is 20.9 Å². The summed E-state index contributed by atoms with van der Waals surface area (Å²) < 4.78 is 39.1. The highest BCUT2D eigenvalue weighted by Gasteiger charge is 2.70. The van der Waals surface area contributed by atoms with Crippen LogP contribution in [-0.4, -0.2) is 70.8 Å². The summed E-state index contributed by atoms with van der Waals surface area (Å²) in [5, 5.41) is 7.44. The van der Waals surface area contributed by atoms with Gasteiger partial charge in [0.1, 0.15) is 18.1 Å². The van der Waals surface area contributed by atoms with E-state index in [-0.39, 0.29) is 41.7 Å². The first kappa shape index (κ1) is 29.1. The maximum atomic E-state index is 13.6. The van der Waals surface area contributed by atoms with Crippen LogP contribution in [0.4, 0.5) is 13.2 Å². The molecule has 0 bridgehead atoms. The molecule has 4 rings (SSSR count). The molecular formula is C26H38F3N5O5. The Hall–Kier alpha value is -2.86. The summed E-state index contributed by atoms with van der Waals surface area (Å²) in [4.78, 5) is 65.1. The number of amides is 5. The summed E-state index contributed by atoms with van der Waals surface area (Å²) in [5.41, 5.74) is 3.94. The van der Waals surface area contributed by atoms with Crippen molar-refractivity contribution in [2.24, 2.45) is 34.3 Å². The molecule has 4 fully saturated rings. The number of hydrogen-bond donors (Lipinski definition) is 4. The number of halogens is 3. The second kappa shape index (κ2) is 9.36. The number of likely N-dealkylation sites (tertiary alicyclic amines) is 1. The Labute approximate surface area is 225 Å². The van der Waals surface area contributed by atoms with Gasteiger partial charge in [0.2, 0.25) is 23.6 Å². The number of rotatable bonds is 7. The third-order valence-electron chi connectivity index (χ3n) is 9.29. The minimum absolute atomic E-state index is 0.0130. The third-order valence-corrected chi connectivity index (χ3v) is 9.29. The molecule has 6 atom stereocenters. The molecule has 0 unspecified atom stereocenters. The van der Waals surface area contributed by atoms with Crippen LogP contribution in [-0.2, 0) is 24.0 Å². The molecule has 2 aliphatic heterocycles. The second-order valence-electron chi connectivity index (χ2n) is 13.4. The molecule has 5 N–H and O–H groups in total. The van der Waals surface area contributed by atoms with Gasteiger partial charge in [-0.1, -0.05) is 34.6 Å². The lowest BCUT2D eigenvalue weighted by Crippen LogP contribution is -2.61. The lowest BCUT2D eigenvalue weighted by atomic mass is 9.74. The normalized spacial score (nSPS) is 30.1. The highest BCUT2D eigenvalue weighted by atomic mass is 19.4. The van der Waals surface area contributed by atoms with Gasteiger partial charge in [0.05, 0.1) is 0 Å². The fourth-order valence-corrected chi connectivity index (χ4v) is 6.73. The quantitative estimate of drug-likeness (QED) is 0.368. The van der Waals surface area contributed by atoms with E-state index in [4.69, 9.17) is 5.73 Å². The maximum absolute atomic E-state index is 13.6. The van der Waals surface area contributed by atoms with Crippen LogP contribution in [0.15, 0.2) is 0 Å². The van der Waals surface area contributed by atoms with E-state index in [1.807, 2.05) is 19.2 Å². The fourth-order valence-electron chi connectivity index (χ4n) is 6.73. The van der Waals surface area contributed by atoms with Crippen molar-refractivity contribution < 1.29 is 37.1 Å². The van der Waals surface area contributed by atoms with E-state index in [9.17, 15) is 37.1 Å². The van der Waals surface area contributed by atoms with Crippen LogP contribution in [0.2, 0.25) is 0 Å². The summed E-state index contributed by atoms with van der Waals surface area (Å²) in [6.45, 7) is 8.55. The summed E-state index contributed by atoms with van der Waals surface area (Å²) in [6, 6.07) is -3.78. The van der Waals surface area contributed by atoms with Gasteiger partial charge in [-0.25, -0.2) is 0 Å². The zero-order valence-electron chi connectivity index (χ0n) is 22.9. The molecule has 10 nitrogen and oxygen atoms in total. The molecule has 0 radical (unpaired) electrons. The first-order valence-electron chi connectivity index (χ1n) is 13.4. The van der Waals surface area contributed by atoms with Crippen molar-refractivity contribution in [3.8, 4) is 0 Å². The number of carbonyl (C=O) groups is 5. The minimum Gasteiger partial charge on any atom is -0.368 e. The maximum Gasteiger partial charge on any atom is 0.471 e. The van der Waals surface area contributed by atoms with Crippen molar-refractivity contribution in [3.63, 3.8) is 0 Å². The van der Waals surface area contributed by atoms with Crippen molar-refractivity contribution in [1.29, 1.82) is 0 Å². The SMILES string of the molecule is CC(C)(C)[C@H](NC(=O)C(F)(F)F)C(=O)N1C[C@H]2[C@@H]([C@H]1C(=O)N[C@@H](C[C@@H]1CC3(CCC3)NC1=O)C(N)=O)C2(C)C. The number of primary amides is 1. The van der Waals surface area contributed by atoms with Crippen LogP contribution in [0.25, 0.3) is 0 Å². The summed E-state index contributed by atoms with van der Waals surface area (Å²) in [6.07, 6.45) is -1.90. The van der Waals surface area contributed by atoms with Crippen LogP contribution in [0.3, 0.4) is 0 Å². The van der Waals surface area contributed by atoms with E-state index >= 15 is 0 Å². The molecule has 0 aromatic rings. The standard InChI is InChI=1S/C26H38F3N5O5/c1-23(2,3)17(32-22(39)26(27,28)29)21(38)34-11-13-15(24(13,4)5)16(34)20(37)31-14(18(30)35)9-12-10-25(7-6-8-25)33-19(12)36/h12-17H,6-11H2,1-5H3,(H2,30,35)(H,31,37)(H,32,39)(H,33,36)/t12-,13+,14+,15+,16+,17-/m1/s1. The van der Waals surface area contributed by atoms with Gasteiger partial charge in [-0.3, -0.25) is 24.0 Å². The lowest BCUT2D eigenvalue weighted by Gasteiger charge is -2.38. The Morgan fingerprint density at radius 3 is 2.21 bits per heavy atom. The van der Waals surface area contributed by atoms with Gasteiger partial charge in [0.25, 0.3) is 0 Å². The lowest BCUT2D eigenvalue weighted by molar-refractivity contribution is -0.176. The van der Waals surface area contributed by atoms with Crippen LogP contribution in [0, 0.1) is 28.6 Å². The van der Waals surface area contributed by atoms with E-state index in [1.54, 1.807) is 0 Å². The number of nitrogens with zero attached hydrogens (tertiary/aromatic N) is 1. The molecule has 0 aromatic heterocycles. The van der Waals surface area contributed by atoms with E-state index < -0.39 is 59.3 Å². The Morgan fingerprint density at radius 2 is 1.74 bits per heavy atom. The monoisotopic (exact) mass is 557 g/mol. The number of hydrogen-bond acceptors (Lipinski definition) is 5. The Balaban J connectivity index is 1.53. The highest BCUT2D eigenvalue weighted by Crippen LogP contribution is 2.65. The fraction of sp³-hybridized carbons (Fsp3) is 0.808. The molecule has 2 aliphatic carbocycles. The predicted octanol–water partition coefficient (Wildman–Crippen LogP) is 0.982. The van der Waals surface area contributed by atoms with Crippen molar-refractivity contribution in [2.75, 3.05) is 6.54 Å². The first-order valence-corrected chi connectivity index (χ1v) is 13.4. The zero-order valence-corrected chi connectivity index (χ0v) is 22.9. The Bertz CT molecular complexity index is 1080. The average Bonchev–Trinajstić information content (AvgIpc) is 3.10. The molecule has 5 amide bonds. The van der Waals surface area contributed by atoms with E-state index in [2.05, 4.69) is 10.6 Å². The van der Waals surface area contributed by atoms with Crippen LogP contribution >= 0.6 is 0 Å². The van der Waals surface area contributed by atoms with Crippen molar-refractivity contribution in [3.05, 3.63) is 0 Å². The highest BCUT2D eigenvalue weighted by molar-refractivity contribution is 5.96. The van der Waals surface area contributed by atoms with Gasteiger partial charge in [0, 0.05) is 18.0 Å². The van der Waals surface area contributed by atoms with Crippen molar-refractivity contribution in [2.45, 2.75) is 96.6 Å². The van der Waals surface area contributed by atoms with Gasteiger partial charge in [-0.05, 0) is 54.8 Å². The summed E-state index contributed by atoms with van der Waals surface area (Å²) in [7, 11) is 0. The van der Waals surface area contributed by atoms with E-state index in [0.29, 0.717) is 6.42 Å². The molecular weight excluding hydrogens is 519 g/mol. The van der Waals surface area contributed by atoms with Crippen molar-refractivity contribution >= 4 is 29.5 Å². The molecule has 2 saturated heterocycles. The van der Waals surface area contributed by atoms with Gasteiger partial charge < -0.3 is 26.6 Å². The van der Waals surface area contributed by atoms with Gasteiger partial charge in [-0.2, -0.15) is 13.2 Å². The number of alkyl halides is 3. The number of fused-ring (bicyclic) bond motifs is 1. The molecule has 13 heteroatoms. The second-order valence-corrected chi connectivity index (χ2v) is 13.4. The molecule has 4 aliphatic rings. The molecule has 39 heavy (non-hydrogen) atoms. The summed E-state index contributed by atoms with van der Waals surface area (Å²) >= 11 is 0. The molecule has 2 saturated carbocycles. The number of nitrogens with one attached hydrogen (secondary N) is 3. The topological polar surface area (TPSA) is 151 Å². The zero-order chi connectivity index (χ0) is 29.3. The predicted molar refractivity (Wildman–Crippen MR) is 132 cm³/mol. The van der Waals surface area contributed by atoms with Crippen LogP contribution in [0.1, 0.15) is 66.7 Å². The molecule has 0 aromatic carbocycles. The Morgan fingerprint density at radius 1 is 1.13 bits per heavy atom. The number of nitrogens with two attached hydrogens (primary N) is 1.